The van der Waals surface area contributed by atoms with Crippen molar-refractivity contribution in [3.05, 3.63) is 0 Å². The highest BCUT2D eigenvalue weighted by Crippen LogP contribution is 2.41. The van der Waals surface area contributed by atoms with E-state index in [2.05, 4.69) is 17.6 Å². The number of hydrogen-bond acceptors (Lipinski definition) is 4. The summed E-state index contributed by atoms with van der Waals surface area (Å²) in [6.07, 6.45) is 8.11. The molecule has 0 radical (unpaired) electrons. The van der Waals surface area contributed by atoms with Crippen molar-refractivity contribution in [2.24, 2.45) is 10.4 Å². The van der Waals surface area contributed by atoms with Crippen molar-refractivity contribution in [2.75, 3.05) is 53.7 Å². The van der Waals surface area contributed by atoms with Gasteiger partial charge in [0.2, 0.25) is 0 Å². The van der Waals surface area contributed by atoms with E-state index < -0.39 is 0 Å². The van der Waals surface area contributed by atoms with E-state index in [9.17, 15) is 0 Å². The first-order valence-corrected chi connectivity index (χ1v) is 9.82. The molecule has 2 fully saturated rings. The Morgan fingerprint density at radius 1 is 1.08 bits per heavy atom. The van der Waals surface area contributed by atoms with E-state index in [4.69, 9.17) is 19.2 Å². The first kappa shape index (κ1) is 23.9. The fourth-order valence-corrected chi connectivity index (χ4v) is 3.96. The Kier molecular flexibility index (Phi) is 11.4. The first-order valence-electron chi connectivity index (χ1n) is 9.82. The number of ether oxygens (including phenoxy) is 3. The molecule has 2 aliphatic rings. The minimum absolute atomic E-state index is 0. The van der Waals surface area contributed by atoms with Crippen LogP contribution in [-0.2, 0) is 14.2 Å². The molecule has 0 atom stereocenters. The molecule has 154 valence electrons. The molecule has 1 saturated heterocycles. The lowest BCUT2D eigenvalue weighted by atomic mass is 9.83. The number of guanidine groups is 1. The van der Waals surface area contributed by atoms with Gasteiger partial charge in [-0.15, -0.1) is 24.0 Å². The molecular formula is C19H38IN3O3. The van der Waals surface area contributed by atoms with Gasteiger partial charge in [-0.1, -0.05) is 12.8 Å². The number of nitrogens with zero attached hydrogens (tertiary/aromatic N) is 1. The fraction of sp³-hybridized carbons (Fsp3) is 0.947. The average Bonchev–Trinajstić information content (AvgIpc) is 3.12. The number of methoxy groups -OCH3 is 2. The molecule has 0 aromatic heterocycles. The van der Waals surface area contributed by atoms with Crippen LogP contribution in [0.2, 0.25) is 0 Å². The minimum atomic E-state index is -0.143. The minimum Gasteiger partial charge on any atom is -0.385 e. The third-order valence-corrected chi connectivity index (χ3v) is 5.83. The summed E-state index contributed by atoms with van der Waals surface area (Å²) in [5.74, 6) is 0.897. The smallest absolute Gasteiger partial charge is 0.191 e. The summed E-state index contributed by atoms with van der Waals surface area (Å²) >= 11 is 0. The van der Waals surface area contributed by atoms with Crippen LogP contribution in [0.5, 0.6) is 0 Å². The van der Waals surface area contributed by atoms with Gasteiger partial charge in [0, 0.05) is 66.5 Å². The molecule has 1 saturated carbocycles. The summed E-state index contributed by atoms with van der Waals surface area (Å²) in [5.41, 5.74) is 0.172. The second kappa shape index (κ2) is 12.4. The van der Waals surface area contributed by atoms with Gasteiger partial charge in [0.15, 0.2) is 5.96 Å². The number of rotatable bonds is 9. The molecule has 1 aliphatic heterocycles. The van der Waals surface area contributed by atoms with Crippen LogP contribution in [0.25, 0.3) is 0 Å². The van der Waals surface area contributed by atoms with Gasteiger partial charge in [-0.2, -0.15) is 0 Å². The number of nitrogens with one attached hydrogen (secondary N) is 2. The van der Waals surface area contributed by atoms with Crippen molar-refractivity contribution in [3.63, 3.8) is 0 Å². The summed E-state index contributed by atoms with van der Waals surface area (Å²) in [4.78, 5) is 4.92. The summed E-state index contributed by atoms with van der Waals surface area (Å²) < 4.78 is 16.6. The monoisotopic (exact) mass is 483 g/mol. The highest BCUT2D eigenvalue weighted by atomic mass is 127. The first-order chi connectivity index (χ1) is 12.2. The Morgan fingerprint density at radius 3 is 2.35 bits per heavy atom. The predicted octanol–water partition coefficient (Wildman–Crippen LogP) is 2.95. The summed E-state index contributed by atoms with van der Waals surface area (Å²) in [7, 11) is 3.59. The maximum atomic E-state index is 5.82. The fourth-order valence-electron chi connectivity index (χ4n) is 3.96. The molecule has 0 aromatic rings. The molecule has 1 aliphatic carbocycles. The van der Waals surface area contributed by atoms with Crippen LogP contribution in [0, 0.1) is 5.41 Å². The average molecular weight is 483 g/mol. The summed E-state index contributed by atoms with van der Waals surface area (Å²) in [5, 5.41) is 6.89. The van der Waals surface area contributed by atoms with Crippen LogP contribution >= 0.6 is 24.0 Å². The summed E-state index contributed by atoms with van der Waals surface area (Å²) in [6.45, 7) is 6.96. The van der Waals surface area contributed by atoms with Crippen molar-refractivity contribution in [2.45, 2.75) is 57.5 Å². The molecule has 0 unspecified atom stereocenters. The zero-order chi connectivity index (χ0) is 18.0. The van der Waals surface area contributed by atoms with Crippen LogP contribution in [-0.4, -0.2) is 65.2 Å². The van der Waals surface area contributed by atoms with Crippen molar-refractivity contribution in [1.29, 1.82) is 0 Å². The van der Waals surface area contributed by atoms with E-state index in [1.54, 1.807) is 14.2 Å². The van der Waals surface area contributed by atoms with Crippen molar-refractivity contribution >= 4 is 29.9 Å². The topological polar surface area (TPSA) is 64.1 Å². The number of hydrogen-bond donors (Lipinski definition) is 2. The maximum Gasteiger partial charge on any atom is 0.191 e. The van der Waals surface area contributed by atoms with E-state index >= 15 is 0 Å². The Balaban J connectivity index is 0.00000338. The van der Waals surface area contributed by atoms with E-state index in [1.165, 1.54) is 25.7 Å². The zero-order valence-electron chi connectivity index (χ0n) is 16.8. The van der Waals surface area contributed by atoms with Gasteiger partial charge >= 0.3 is 0 Å². The van der Waals surface area contributed by atoms with Crippen LogP contribution < -0.4 is 10.6 Å². The van der Waals surface area contributed by atoms with Crippen LogP contribution in [0.1, 0.15) is 51.9 Å². The standard InChI is InChI=1S/C19H37N3O3.HI/c1-4-20-17(22-16-19(24-3)10-13-25-14-11-19)21-15-18(9-12-23-2)7-5-6-8-18;/h4-16H2,1-3H3,(H2,20,21,22);1H. The van der Waals surface area contributed by atoms with E-state index in [0.717, 1.165) is 64.7 Å². The molecule has 6 nitrogen and oxygen atoms in total. The molecule has 2 N–H and O–H groups in total. The molecule has 0 spiro atoms. The highest BCUT2D eigenvalue weighted by Gasteiger charge is 2.34. The normalized spacial score (nSPS) is 21.9. The maximum absolute atomic E-state index is 5.82. The molecule has 0 bridgehead atoms. The molecule has 26 heavy (non-hydrogen) atoms. The lowest BCUT2D eigenvalue weighted by Crippen LogP contribution is -2.51. The number of halogens is 1. The second-order valence-corrected chi connectivity index (χ2v) is 7.50. The van der Waals surface area contributed by atoms with Gasteiger partial charge in [-0.05, 0) is 31.6 Å². The van der Waals surface area contributed by atoms with Gasteiger partial charge in [-0.3, -0.25) is 4.99 Å². The SMILES string of the molecule is CCNC(=NCC1(CCOC)CCCC1)NCC1(OC)CCOCC1.I. The van der Waals surface area contributed by atoms with Crippen molar-refractivity contribution in [3.8, 4) is 0 Å². The molecule has 0 aromatic carbocycles. The Labute approximate surface area is 176 Å². The zero-order valence-corrected chi connectivity index (χ0v) is 19.1. The van der Waals surface area contributed by atoms with E-state index in [-0.39, 0.29) is 29.6 Å². The quantitative estimate of drug-likeness (QED) is 0.300. The van der Waals surface area contributed by atoms with Gasteiger partial charge in [0.1, 0.15) is 0 Å². The van der Waals surface area contributed by atoms with Crippen molar-refractivity contribution in [1.82, 2.24) is 10.6 Å². The highest BCUT2D eigenvalue weighted by molar-refractivity contribution is 14.0. The summed E-state index contributed by atoms with van der Waals surface area (Å²) in [6, 6.07) is 0. The molecule has 2 rings (SSSR count). The number of aliphatic imine (C=N–C) groups is 1. The van der Waals surface area contributed by atoms with Gasteiger partial charge in [0.25, 0.3) is 0 Å². The van der Waals surface area contributed by atoms with Crippen LogP contribution in [0.4, 0.5) is 0 Å². The lowest BCUT2D eigenvalue weighted by Gasteiger charge is -2.36. The molecule has 1 heterocycles. The van der Waals surface area contributed by atoms with Gasteiger partial charge in [0.05, 0.1) is 5.60 Å². The third kappa shape index (κ3) is 7.13. The van der Waals surface area contributed by atoms with E-state index in [0.29, 0.717) is 5.41 Å². The molecule has 7 heteroatoms. The Bertz CT molecular complexity index is 409. The predicted molar refractivity (Wildman–Crippen MR) is 117 cm³/mol. The second-order valence-electron chi connectivity index (χ2n) is 7.50. The third-order valence-electron chi connectivity index (χ3n) is 5.83. The molecule has 0 amide bonds. The van der Waals surface area contributed by atoms with Crippen molar-refractivity contribution < 1.29 is 14.2 Å². The van der Waals surface area contributed by atoms with Crippen LogP contribution in [0.15, 0.2) is 4.99 Å². The van der Waals surface area contributed by atoms with E-state index in [1.807, 2.05) is 0 Å². The Hall–Kier alpha value is -0.120. The van der Waals surface area contributed by atoms with Gasteiger partial charge < -0.3 is 24.8 Å². The molecular weight excluding hydrogens is 445 g/mol. The lowest BCUT2D eigenvalue weighted by molar-refractivity contribution is -0.0855. The Morgan fingerprint density at radius 2 is 1.77 bits per heavy atom. The largest absolute Gasteiger partial charge is 0.385 e. The van der Waals surface area contributed by atoms with Gasteiger partial charge in [-0.25, -0.2) is 0 Å². The van der Waals surface area contributed by atoms with Crippen LogP contribution in [0.3, 0.4) is 0 Å².